The molecule has 0 saturated carbocycles. The van der Waals surface area contributed by atoms with Crippen LogP contribution in [0.5, 0.6) is 11.5 Å². The molecule has 1 heterocycles. The summed E-state index contributed by atoms with van der Waals surface area (Å²) in [5.74, 6) is 1.41. The molecule has 0 bridgehead atoms. The molecule has 0 unspecified atom stereocenters. The Bertz CT molecular complexity index is 711. The summed E-state index contributed by atoms with van der Waals surface area (Å²) in [7, 11) is 3.10. The fraction of sp³-hybridized carbons (Fsp3) is 0.125. The fourth-order valence-electron chi connectivity index (χ4n) is 1.75. The highest BCUT2D eigenvalue weighted by molar-refractivity contribution is 7.80. The molecule has 23 heavy (non-hydrogen) atoms. The SMILES string of the molecule is COc1ccc(NC(=S)NC(=O)C=Cc2ccco2)c(OC)c1. The van der Waals surface area contributed by atoms with Crippen LogP contribution in [-0.4, -0.2) is 25.2 Å². The minimum atomic E-state index is -0.369. The van der Waals surface area contributed by atoms with Crippen molar-refractivity contribution in [2.45, 2.75) is 0 Å². The normalized spacial score (nSPS) is 10.3. The van der Waals surface area contributed by atoms with E-state index in [1.165, 1.54) is 19.4 Å². The third-order valence-corrected chi connectivity index (χ3v) is 3.04. The van der Waals surface area contributed by atoms with Crippen LogP contribution in [-0.2, 0) is 4.79 Å². The predicted octanol–water partition coefficient (Wildman–Crippen LogP) is 2.82. The number of anilines is 1. The van der Waals surface area contributed by atoms with Crippen molar-refractivity contribution < 1.29 is 18.7 Å². The van der Waals surface area contributed by atoms with E-state index in [-0.39, 0.29) is 11.0 Å². The van der Waals surface area contributed by atoms with Crippen LogP contribution in [0.4, 0.5) is 5.69 Å². The highest BCUT2D eigenvalue weighted by atomic mass is 32.1. The second kappa shape index (κ2) is 8.00. The minimum Gasteiger partial charge on any atom is -0.497 e. The smallest absolute Gasteiger partial charge is 0.250 e. The highest BCUT2D eigenvalue weighted by Gasteiger charge is 2.08. The molecule has 7 heteroatoms. The van der Waals surface area contributed by atoms with Gasteiger partial charge in [-0.1, -0.05) is 0 Å². The van der Waals surface area contributed by atoms with Gasteiger partial charge in [0.15, 0.2) is 5.11 Å². The van der Waals surface area contributed by atoms with Crippen LogP contribution in [0.25, 0.3) is 6.08 Å². The average Bonchev–Trinajstić information content (AvgIpc) is 3.06. The summed E-state index contributed by atoms with van der Waals surface area (Å²) < 4.78 is 15.5. The zero-order valence-corrected chi connectivity index (χ0v) is 13.5. The molecule has 6 nitrogen and oxygen atoms in total. The summed E-state index contributed by atoms with van der Waals surface area (Å²) in [5.41, 5.74) is 0.619. The van der Waals surface area contributed by atoms with E-state index in [4.69, 9.17) is 26.1 Å². The van der Waals surface area contributed by atoms with Crippen molar-refractivity contribution in [3.05, 3.63) is 48.4 Å². The minimum absolute atomic E-state index is 0.155. The number of thiocarbonyl (C=S) groups is 1. The van der Waals surface area contributed by atoms with Crippen LogP contribution in [0.15, 0.2) is 47.1 Å². The lowest BCUT2D eigenvalue weighted by atomic mass is 10.2. The van der Waals surface area contributed by atoms with Crippen molar-refractivity contribution >= 4 is 35.0 Å². The Labute approximate surface area is 139 Å². The van der Waals surface area contributed by atoms with E-state index in [0.29, 0.717) is 22.9 Å². The lowest BCUT2D eigenvalue weighted by molar-refractivity contribution is -0.115. The molecular formula is C16H16N2O4S. The van der Waals surface area contributed by atoms with Crippen molar-refractivity contribution in [3.63, 3.8) is 0 Å². The number of benzene rings is 1. The van der Waals surface area contributed by atoms with E-state index in [1.807, 2.05) is 0 Å². The second-order valence-electron chi connectivity index (χ2n) is 4.36. The summed E-state index contributed by atoms with van der Waals surface area (Å²) in [6.45, 7) is 0. The summed E-state index contributed by atoms with van der Waals surface area (Å²) in [5, 5.41) is 5.59. The Kier molecular flexibility index (Phi) is 5.76. The lowest BCUT2D eigenvalue weighted by Gasteiger charge is -2.13. The number of carbonyl (C=O) groups is 1. The zero-order chi connectivity index (χ0) is 16.7. The van der Waals surface area contributed by atoms with Crippen LogP contribution in [0.2, 0.25) is 0 Å². The van der Waals surface area contributed by atoms with Crippen molar-refractivity contribution in [3.8, 4) is 11.5 Å². The molecule has 2 aromatic rings. The Morgan fingerprint density at radius 2 is 2.09 bits per heavy atom. The van der Waals surface area contributed by atoms with Gasteiger partial charge in [-0.3, -0.25) is 10.1 Å². The van der Waals surface area contributed by atoms with E-state index in [9.17, 15) is 4.79 Å². The number of nitrogens with one attached hydrogen (secondary N) is 2. The van der Waals surface area contributed by atoms with Gasteiger partial charge in [0.2, 0.25) is 5.91 Å². The molecule has 0 radical (unpaired) electrons. The third kappa shape index (κ3) is 4.86. The van der Waals surface area contributed by atoms with E-state index < -0.39 is 0 Å². The standard InChI is InChI=1S/C16H16N2O4S/c1-20-12-5-7-13(14(10-12)21-2)17-16(23)18-15(19)8-6-11-4-3-9-22-11/h3-10H,1-2H3,(H2,17,18,19,23). The van der Waals surface area contributed by atoms with Crippen LogP contribution >= 0.6 is 12.2 Å². The predicted molar refractivity (Wildman–Crippen MR) is 91.7 cm³/mol. The Morgan fingerprint density at radius 3 is 2.74 bits per heavy atom. The van der Waals surface area contributed by atoms with Crippen molar-refractivity contribution in [1.29, 1.82) is 0 Å². The van der Waals surface area contributed by atoms with Gasteiger partial charge in [-0.05, 0) is 42.6 Å². The van der Waals surface area contributed by atoms with E-state index in [1.54, 1.807) is 43.5 Å². The number of carbonyl (C=O) groups excluding carboxylic acids is 1. The Morgan fingerprint density at radius 1 is 1.26 bits per heavy atom. The molecule has 0 fully saturated rings. The van der Waals surface area contributed by atoms with Crippen LogP contribution < -0.4 is 20.1 Å². The first-order valence-corrected chi connectivity index (χ1v) is 7.09. The molecule has 0 atom stereocenters. The molecule has 120 valence electrons. The molecule has 1 aromatic heterocycles. The number of ether oxygens (including phenoxy) is 2. The zero-order valence-electron chi connectivity index (χ0n) is 12.7. The van der Waals surface area contributed by atoms with Gasteiger partial charge in [0.25, 0.3) is 0 Å². The van der Waals surface area contributed by atoms with Crippen LogP contribution in [0, 0.1) is 0 Å². The molecule has 2 N–H and O–H groups in total. The van der Waals surface area contributed by atoms with Gasteiger partial charge in [-0.2, -0.15) is 0 Å². The molecule has 1 aromatic carbocycles. The van der Waals surface area contributed by atoms with E-state index in [0.717, 1.165) is 0 Å². The maximum atomic E-state index is 11.8. The van der Waals surface area contributed by atoms with Gasteiger partial charge >= 0.3 is 0 Å². The number of hydrogen-bond acceptors (Lipinski definition) is 5. The molecule has 0 aliphatic carbocycles. The van der Waals surface area contributed by atoms with E-state index in [2.05, 4.69) is 10.6 Å². The molecule has 0 aliphatic heterocycles. The Hall–Kier alpha value is -2.80. The first-order valence-electron chi connectivity index (χ1n) is 6.68. The quantitative estimate of drug-likeness (QED) is 0.648. The van der Waals surface area contributed by atoms with Crippen molar-refractivity contribution in [2.75, 3.05) is 19.5 Å². The first-order chi connectivity index (χ1) is 11.1. The maximum absolute atomic E-state index is 11.8. The molecule has 0 spiro atoms. The third-order valence-electron chi connectivity index (χ3n) is 2.84. The molecule has 2 rings (SSSR count). The summed E-state index contributed by atoms with van der Waals surface area (Å²) in [6, 6.07) is 8.69. The van der Waals surface area contributed by atoms with Gasteiger partial charge < -0.3 is 19.2 Å². The number of rotatable bonds is 5. The number of methoxy groups -OCH3 is 2. The summed E-state index contributed by atoms with van der Waals surface area (Å²) >= 11 is 5.11. The van der Waals surface area contributed by atoms with Gasteiger partial charge in [-0.25, -0.2) is 0 Å². The summed E-state index contributed by atoms with van der Waals surface area (Å²) in [4.78, 5) is 11.8. The van der Waals surface area contributed by atoms with Crippen molar-refractivity contribution in [1.82, 2.24) is 5.32 Å². The van der Waals surface area contributed by atoms with Crippen molar-refractivity contribution in [2.24, 2.45) is 0 Å². The number of furan rings is 1. The monoisotopic (exact) mass is 332 g/mol. The van der Waals surface area contributed by atoms with Gasteiger partial charge in [-0.15, -0.1) is 0 Å². The first kappa shape index (κ1) is 16.6. The van der Waals surface area contributed by atoms with Crippen LogP contribution in [0.3, 0.4) is 0 Å². The van der Waals surface area contributed by atoms with Gasteiger partial charge in [0.05, 0.1) is 26.2 Å². The molecular weight excluding hydrogens is 316 g/mol. The van der Waals surface area contributed by atoms with Gasteiger partial charge in [0.1, 0.15) is 17.3 Å². The fourth-order valence-corrected chi connectivity index (χ4v) is 1.96. The average molecular weight is 332 g/mol. The Balaban J connectivity index is 1.95. The topological polar surface area (TPSA) is 72.7 Å². The molecule has 0 aliphatic rings. The number of amides is 1. The second-order valence-corrected chi connectivity index (χ2v) is 4.77. The van der Waals surface area contributed by atoms with Crippen LogP contribution in [0.1, 0.15) is 5.76 Å². The largest absolute Gasteiger partial charge is 0.497 e. The molecule has 1 amide bonds. The maximum Gasteiger partial charge on any atom is 0.250 e. The lowest BCUT2D eigenvalue weighted by Crippen LogP contribution is -2.32. The summed E-state index contributed by atoms with van der Waals surface area (Å²) in [6.07, 6.45) is 4.41. The van der Waals surface area contributed by atoms with E-state index >= 15 is 0 Å². The van der Waals surface area contributed by atoms with Gasteiger partial charge in [0, 0.05) is 12.1 Å². The number of hydrogen-bond donors (Lipinski definition) is 2. The molecule has 0 saturated heterocycles. The highest BCUT2D eigenvalue weighted by Crippen LogP contribution is 2.28.